The lowest BCUT2D eigenvalue weighted by Gasteiger charge is -2.02. The van der Waals surface area contributed by atoms with E-state index in [4.69, 9.17) is 0 Å². The van der Waals surface area contributed by atoms with Gasteiger partial charge in [0, 0.05) is 15.8 Å². The number of amides is 1. The summed E-state index contributed by atoms with van der Waals surface area (Å²) in [6.45, 7) is 0. The van der Waals surface area contributed by atoms with Gasteiger partial charge in [-0.15, -0.1) is 11.8 Å². The van der Waals surface area contributed by atoms with Gasteiger partial charge in [-0.2, -0.15) is 0 Å². The molecule has 0 radical (unpaired) electrons. The third-order valence-corrected chi connectivity index (χ3v) is 5.62. The van der Waals surface area contributed by atoms with Crippen molar-refractivity contribution in [3.8, 4) is 0 Å². The van der Waals surface area contributed by atoms with Crippen LogP contribution in [0.5, 0.6) is 0 Å². The Hall–Kier alpha value is -2.37. The van der Waals surface area contributed by atoms with Crippen LogP contribution in [0.2, 0.25) is 0 Å². The zero-order valence-corrected chi connectivity index (χ0v) is 14.6. The highest BCUT2D eigenvalue weighted by molar-refractivity contribution is 7.98. The molecule has 0 unspecified atom stereocenters. The highest BCUT2D eigenvalue weighted by atomic mass is 32.2. The van der Waals surface area contributed by atoms with E-state index in [0.717, 1.165) is 20.5 Å². The van der Waals surface area contributed by atoms with E-state index in [1.54, 1.807) is 11.8 Å². The molecule has 118 valence electrons. The van der Waals surface area contributed by atoms with Gasteiger partial charge < -0.3 is 0 Å². The number of hydrogen-bond donors (Lipinski definition) is 1. The summed E-state index contributed by atoms with van der Waals surface area (Å²) in [5.74, 6) is -0.133. The molecule has 1 N–H and O–H groups in total. The van der Waals surface area contributed by atoms with E-state index >= 15 is 0 Å². The molecular formula is C19H14N2OS2. The summed E-state index contributed by atoms with van der Waals surface area (Å²) in [5.41, 5.74) is 1.55. The fraction of sp³-hybridized carbons (Fsp3) is 0.0526. The van der Waals surface area contributed by atoms with Gasteiger partial charge >= 0.3 is 0 Å². The first-order chi connectivity index (χ1) is 11.7. The van der Waals surface area contributed by atoms with E-state index in [1.165, 1.54) is 16.7 Å². The van der Waals surface area contributed by atoms with E-state index in [-0.39, 0.29) is 5.91 Å². The van der Waals surface area contributed by atoms with Gasteiger partial charge in [-0.3, -0.25) is 10.1 Å². The van der Waals surface area contributed by atoms with E-state index in [0.29, 0.717) is 10.7 Å². The minimum atomic E-state index is -0.133. The Morgan fingerprint density at radius 2 is 1.83 bits per heavy atom. The first-order valence-electron chi connectivity index (χ1n) is 7.48. The molecular weight excluding hydrogens is 336 g/mol. The number of anilines is 1. The summed E-state index contributed by atoms with van der Waals surface area (Å²) in [4.78, 5) is 18.1. The number of carbonyl (C=O) groups is 1. The van der Waals surface area contributed by atoms with Gasteiger partial charge in [-0.1, -0.05) is 41.7 Å². The predicted molar refractivity (Wildman–Crippen MR) is 103 cm³/mol. The number of nitrogens with zero attached hydrogens (tertiary/aromatic N) is 1. The van der Waals surface area contributed by atoms with Crippen LogP contribution in [0.15, 0.2) is 65.6 Å². The van der Waals surface area contributed by atoms with Crippen LogP contribution >= 0.6 is 23.1 Å². The highest BCUT2D eigenvalue weighted by Gasteiger charge is 2.11. The van der Waals surface area contributed by atoms with E-state index < -0.39 is 0 Å². The number of rotatable bonds is 3. The van der Waals surface area contributed by atoms with Crippen molar-refractivity contribution in [2.45, 2.75) is 4.90 Å². The number of hydrogen-bond acceptors (Lipinski definition) is 4. The fourth-order valence-corrected chi connectivity index (χ4v) is 4.02. The monoisotopic (exact) mass is 350 g/mol. The van der Waals surface area contributed by atoms with Crippen molar-refractivity contribution < 1.29 is 4.79 Å². The second kappa shape index (κ2) is 6.26. The summed E-state index contributed by atoms with van der Waals surface area (Å²) < 4.78 is 1.10. The molecule has 0 bridgehead atoms. The normalized spacial score (nSPS) is 11.0. The van der Waals surface area contributed by atoms with Crippen LogP contribution in [0.1, 0.15) is 10.4 Å². The average molecular weight is 350 g/mol. The zero-order valence-electron chi connectivity index (χ0n) is 12.9. The maximum atomic E-state index is 12.4. The van der Waals surface area contributed by atoms with E-state index in [1.807, 2.05) is 48.7 Å². The van der Waals surface area contributed by atoms with Gasteiger partial charge in [0.05, 0.1) is 10.2 Å². The number of carbonyl (C=O) groups excluding carboxylic acids is 1. The van der Waals surface area contributed by atoms with Crippen LogP contribution in [0.3, 0.4) is 0 Å². The van der Waals surface area contributed by atoms with E-state index in [2.05, 4.69) is 28.5 Å². The van der Waals surface area contributed by atoms with Gasteiger partial charge in [0.25, 0.3) is 5.91 Å². The molecule has 24 heavy (non-hydrogen) atoms. The number of nitrogens with one attached hydrogen (secondary N) is 1. The molecule has 0 fully saturated rings. The van der Waals surface area contributed by atoms with Crippen molar-refractivity contribution in [1.82, 2.24) is 4.98 Å². The zero-order chi connectivity index (χ0) is 16.5. The summed E-state index contributed by atoms with van der Waals surface area (Å²) in [5, 5.41) is 5.88. The van der Waals surface area contributed by atoms with Crippen LogP contribution < -0.4 is 5.32 Å². The molecule has 5 heteroatoms. The highest BCUT2D eigenvalue weighted by Crippen LogP contribution is 2.32. The topological polar surface area (TPSA) is 42.0 Å². The summed E-state index contributed by atoms with van der Waals surface area (Å²) in [7, 11) is 0. The number of benzene rings is 3. The number of fused-ring (bicyclic) bond motifs is 3. The summed E-state index contributed by atoms with van der Waals surface area (Å²) in [6, 6.07) is 19.8. The molecule has 0 atom stereocenters. The van der Waals surface area contributed by atoms with Crippen LogP contribution in [0, 0.1) is 0 Å². The molecule has 3 aromatic carbocycles. The number of aromatic nitrogens is 1. The van der Waals surface area contributed by atoms with Crippen molar-refractivity contribution in [3.63, 3.8) is 0 Å². The van der Waals surface area contributed by atoms with Gasteiger partial charge in [0.15, 0.2) is 5.13 Å². The predicted octanol–water partition coefficient (Wildman–Crippen LogP) is 5.42. The smallest absolute Gasteiger partial charge is 0.257 e. The van der Waals surface area contributed by atoms with Crippen LogP contribution in [-0.4, -0.2) is 17.1 Å². The maximum absolute atomic E-state index is 12.4. The van der Waals surface area contributed by atoms with Gasteiger partial charge in [-0.05, 0) is 42.0 Å². The molecule has 0 saturated carbocycles. The minimum Gasteiger partial charge on any atom is -0.298 e. The molecule has 4 rings (SSSR count). The first-order valence-corrected chi connectivity index (χ1v) is 9.52. The molecule has 0 spiro atoms. The lowest BCUT2D eigenvalue weighted by Crippen LogP contribution is -2.11. The molecule has 1 heterocycles. The standard InChI is InChI=1S/C19H14N2OS2/c1-23-14-9-6-13(7-10-14)18(22)21-19-20-16-11-8-12-4-2-3-5-15(12)17(16)24-19/h2-11H,1H3,(H,20,21,22). The Labute approximate surface area is 147 Å². The van der Waals surface area contributed by atoms with Crippen molar-refractivity contribution >= 4 is 55.1 Å². The van der Waals surface area contributed by atoms with Crippen molar-refractivity contribution in [2.24, 2.45) is 0 Å². The lowest BCUT2D eigenvalue weighted by atomic mass is 10.1. The van der Waals surface area contributed by atoms with Gasteiger partial charge in [-0.25, -0.2) is 4.98 Å². The molecule has 0 aliphatic carbocycles. The third kappa shape index (κ3) is 2.77. The summed E-state index contributed by atoms with van der Waals surface area (Å²) in [6.07, 6.45) is 2.01. The molecule has 1 amide bonds. The Morgan fingerprint density at radius 3 is 2.62 bits per heavy atom. The van der Waals surface area contributed by atoms with Crippen LogP contribution in [0.4, 0.5) is 5.13 Å². The summed E-state index contributed by atoms with van der Waals surface area (Å²) >= 11 is 3.17. The maximum Gasteiger partial charge on any atom is 0.257 e. The Morgan fingerprint density at radius 1 is 1.04 bits per heavy atom. The Kier molecular flexibility index (Phi) is 3.96. The Bertz CT molecular complexity index is 1040. The van der Waals surface area contributed by atoms with Crippen LogP contribution in [-0.2, 0) is 0 Å². The van der Waals surface area contributed by atoms with Gasteiger partial charge in [0.1, 0.15) is 0 Å². The van der Waals surface area contributed by atoms with Gasteiger partial charge in [0.2, 0.25) is 0 Å². The fourth-order valence-electron chi connectivity index (χ4n) is 2.62. The second-order valence-corrected chi connectivity index (χ2v) is 7.22. The molecule has 0 aliphatic rings. The molecule has 3 nitrogen and oxygen atoms in total. The Balaban J connectivity index is 1.66. The van der Waals surface area contributed by atoms with Crippen molar-refractivity contribution in [2.75, 3.05) is 11.6 Å². The average Bonchev–Trinajstić information content (AvgIpc) is 3.04. The SMILES string of the molecule is CSc1ccc(C(=O)Nc2nc3ccc4ccccc4c3s2)cc1. The molecule has 0 aliphatic heterocycles. The molecule has 4 aromatic rings. The molecule has 1 aromatic heterocycles. The second-order valence-electron chi connectivity index (χ2n) is 5.34. The third-order valence-electron chi connectivity index (χ3n) is 3.85. The minimum absolute atomic E-state index is 0.133. The first kappa shape index (κ1) is 15.2. The van der Waals surface area contributed by atoms with Crippen molar-refractivity contribution in [1.29, 1.82) is 0 Å². The lowest BCUT2D eigenvalue weighted by molar-refractivity contribution is 0.102. The molecule has 0 saturated heterocycles. The van der Waals surface area contributed by atoms with E-state index in [9.17, 15) is 4.79 Å². The largest absolute Gasteiger partial charge is 0.298 e. The number of thioether (sulfide) groups is 1. The quantitative estimate of drug-likeness (QED) is 0.501. The van der Waals surface area contributed by atoms with Crippen LogP contribution in [0.25, 0.3) is 21.0 Å². The number of thiazole rings is 1. The van der Waals surface area contributed by atoms with Crippen molar-refractivity contribution in [3.05, 3.63) is 66.2 Å².